The summed E-state index contributed by atoms with van der Waals surface area (Å²) in [5, 5.41) is 0. The Labute approximate surface area is 316 Å². The largest absolute Gasteiger partial charge is 0.469 e. The molecule has 9 heteroatoms. The van der Waals surface area contributed by atoms with Crippen LogP contribution in [0.25, 0.3) is 0 Å². The van der Waals surface area contributed by atoms with Crippen LogP contribution in [-0.4, -0.2) is 41.0 Å². The summed E-state index contributed by atoms with van der Waals surface area (Å²) in [5.41, 5.74) is 0. The van der Waals surface area contributed by atoms with E-state index in [4.69, 9.17) is 19.3 Å². The average molecular weight is 747 g/mol. The van der Waals surface area contributed by atoms with Crippen LogP contribution in [0.15, 0.2) is 85.1 Å². The Kier molecular flexibility index (Phi) is 35.9. The molecule has 0 unspecified atom stereocenters. The second-order valence-corrected chi connectivity index (χ2v) is 14.1. The van der Waals surface area contributed by atoms with Crippen molar-refractivity contribution in [2.75, 3.05) is 13.2 Å². The van der Waals surface area contributed by atoms with E-state index in [1.165, 1.54) is 38.5 Å². The average Bonchev–Trinajstić information content (AvgIpc) is 3.11. The number of esters is 2. The van der Waals surface area contributed by atoms with Gasteiger partial charge in [-0.1, -0.05) is 144 Å². The van der Waals surface area contributed by atoms with E-state index in [9.17, 15) is 14.2 Å². The topological polar surface area (TPSA) is 119 Å². The molecule has 0 aromatic heterocycles. The van der Waals surface area contributed by atoms with Gasteiger partial charge in [0.15, 0.2) is 6.10 Å². The first-order chi connectivity index (χ1) is 25.3. The van der Waals surface area contributed by atoms with Gasteiger partial charge in [-0.15, -0.1) is 0 Å². The van der Waals surface area contributed by atoms with E-state index in [1.54, 1.807) is 0 Å². The van der Waals surface area contributed by atoms with Crippen LogP contribution in [0.5, 0.6) is 0 Å². The van der Waals surface area contributed by atoms with Crippen molar-refractivity contribution >= 4 is 19.8 Å². The molecule has 0 aliphatic rings. The van der Waals surface area contributed by atoms with Gasteiger partial charge >= 0.3 is 19.8 Å². The van der Waals surface area contributed by atoms with Crippen molar-refractivity contribution in [3.8, 4) is 0 Å². The molecule has 8 nitrogen and oxygen atoms in total. The van der Waals surface area contributed by atoms with Crippen molar-refractivity contribution in [3.63, 3.8) is 0 Å². The molecule has 0 radical (unpaired) electrons. The minimum Gasteiger partial charge on any atom is -0.462 e. The molecule has 0 aliphatic carbocycles. The van der Waals surface area contributed by atoms with Crippen LogP contribution < -0.4 is 0 Å². The highest BCUT2D eigenvalue weighted by Crippen LogP contribution is 2.36. The number of phosphoric acid groups is 1. The monoisotopic (exact) mass is 746 g/mol. The highest BCUT2D eigenvalue weighted by molar-refractivity contribution is 7.46. The maximum absolute atomic E-state index is 12.4. The summed E-state index contributed by atoms with van der Waals surface area (Å²) in [6, 6.07) is 0. The van der Waals surface area contributed by atoms with Crippen molar-refractivity contribution in [2.45, 2.75) is 161 Å². The Bertz CT molecular complexity index is 1110. The number of allylic oxidation sites excluding steroid dienone is 14. The fourth-order valence-corrected chi connectivity index (χ4v) is 5.33. The number of ether oxygens (including phenoxy) is 2. The summed E-state index contributed by atoms with van der Waals surface area (Å²) in [5.74, 6) is -0.982. The van der Waals surface area contributed by atoms with Crippen LogP contribution in [0.2, 0.25) is 0 Å². The predicted octanol–water partition coefficient (Wildman–Crippen LogP) is 12.1. The molecule has 0 saturated heterocycles. The Balaban J connectivity index is 4.10. The minimum atomic E-state index is -4.78. The first kappa shape index (κ1) is 49.2. The molecule has 0 amide bonds. The van der Waals surface area contributed by atoms with Gasteiger partial charge < -0.3 is 19.3 Å². The maximum Gasteiger partial charge on any atom is 0.469 e. The number of carbonyl (C=O) groups is 2. The fraction of sp³-hybridized carbons (Fsp3) is 0.628. The van der Waals surface area contributed by atoms with Crippen molar-refractivity contribution in [3.05, 3.63) is 85.1 Å². The molecule has 2 N–H and O–H groups in total. The minimum absolute atomic E-state index is 0.168. The van der Waals surface area contributed by atoms with Crippen LogP contribution in [0.4, 0.5) is 0 Å². The molecule has 52 heavy (non-hydrogen) atoms. The zero-order valence-corrected chi connectivity index (χ0v) is 33.3. The fourth-order valence-electron chi connectivity index (χ4n) is 4.97. The molecule has 0 saturated carbocycles. The first-order valence-corrected chi connectivity index (χ1v) is 21.4. The van der Waals surface area contributed by atoms with Crippen LogP contribution in [-0.2, 0) is 28.2 Å². The molecule has 0 bridgehead atoms. The van der Waals surface area contributed by atoms with Gasteiger partial charge in [0.25, 0.3) is 0 Å². The van der Waals surface area contributed by atoms with Crippen molar-refractivity contribution in [2.24, 2.45) is 0 Å². The summed E-state index contributed by atoms with van der Waals surface area (Å²) < 4.78 is 26.3. The third kappa shape index (κ3) is 40.0. The third-order valence-corrected chi connectivity index (χ3v) is 8.38. The van der Waals surface area contributed by atoms with E-state index in [0.29, 0.717) is 12.8 Å². The third-order valence-electron chi connectivity index (χ3n) is 7.90. The highest BCUT2D eigenvalue weighted by atomic mass is 31.2. The molecule has 0 rings (SSSR count). The standard InChI is InChI=1S/C43H71O8P/c1-3-5-7-9-11-13-15-17-19-21-23-25-27-29-31-33-35-37-42(44)49-39-41(40-50-52(46,47)48)51-43(45)38-36-34-32-30-28-26-24-22-20-18-16-14-12-10-8-6-4-2/h6,8,12,14,17-20,23-26,29,31,41H,3-5,7,9-11,13,15-16,21-22,27-28,30,32-40H2,1-2H3,(H2,46,47,48)/b8-6-,14-12-,19-17-,20-18-,25-23-,26-24-,31-29-/t41-/m1/s1. The zero-order chi connectivity index (χ0) is 38.2. The zero-order valence-electron chi connectivity index (χ0n) is 32.4. The number of hydrogen-bond donors (Lipinski definition) is 2. The van der Waals surface area contributed by atoms with Crippen LogP contribution in [0.1, 0.15) is 155 Å². The van der Waals surface area contributed by atoms with Gasteiger partial charge in [-0.2, -0.15) is 0 Å². The molecular weight excluding hydrogens is 675 g/mol. The molecule has 0 aliphatic heterocycles. The van der Waals surface area contributed by atoms with Gasteiger partial charge in [0.1, 0.15) is 6.61 Å². The molecule has 0 aromatic rings. The van der Waals surface area contributed by atoms with Crippen LogP contribution in [0, 0.1) is 0 Å². The lowest BCUT2D eigenvalue weighted by atomic mass is 10.1. The lowest BCUT2D eigenvalue weighted by Gasteiger charge is -2.18. The maximum atomic E-state index is 12.4. The molecule has 1 atom stereocenters. The van der Waals surface area contributed by atoms with E-state index in [-0.39, 0.29) is 19.4 Å². The number of rotatable bonds is 35. The molecule has 0 spiro atoms. The normalized spacial score (nSPS) is 13.4. The Morgan fingerprint density at radius 2 is 0.942 bits per heavy atom. The Morgan fingerprint density at radius 1 is 0.519 bits per heavy atom. The van der Waals surface area contributed by atoms with E-state index in [1.807, 2.05) is 6.08 Å². The van der Waals surface area contributed by atoms with Gasteiger partial charge in [-0.25, -0.2) is 4.57 Å². The number of hydrogen-bond acceptors (Lipinski definition) is 6. The van der Waals surface area contributed by atoms with E-state index >= 15 is 0 Å². The molecule has 0 fully saturated rings. The molecular formula is C43H71O8P. The van der Waals surface area contributed by atoms with Crippen LogP contribution in [0.3, 0.4) is 0 Å². The smallest absolute Gasteiger partial charge is 0.462 e. The molecule has 0 heterocycles. The van der Waals surface area contributed by atoms with Crippen LogP contribution >= 0.6 is 7.82 Å². The number of phosphoric ester groups is 1. The van der Waals surface area contributed by atoms with Gasteiger partial charge in [0.05, 0.1) is 6.61 Å². The summed E-state index contributed by atoms with van der Waals surface area (Å²) >= 11 is 0. The summed E-state index contributed by atoms with van der Waals surface area (Å²) in [6.45, 7) is 3.48. The van der Waals surface area contributed by atoms with Gasteiger partial charge in [-0.05, 0) is 83.5 Å². The number of unbranched alkanes of at least 4 members (excludes halogenated alkanes) is 11. The first-order valence-electron chi connectivity index (χ1n) is 19.9. The Morgan fingerprint density at radius 3 is 1.44 bits per heavy atom. The molecule has 296 valence electrons. The SMILES string of the molecule is CC/C=C\C/C=C\C/C=C\C/C=C\CCCCCCC(=O)O[C@H](COC(=O)CCC/C=C\C/C=C\C/C=C\CCCCCCCC)COP(=O)(O)O. The predicted molar refractivity (Wildman–Crippen MR) is 216 cm³/mol. The van der Waals surface area contributed by atoms with E-state index in [0.717, 1.165) is 77.0 Å². The van der Waals surface area contributed by atoms with E-state index in [2.05, 4.69) is 97.4 Å². The van der Waals surface area contributed by atoms with Crippen molar-refractivity contribution in [1.29, 1.82) is 0 Å². The Hall–Kier alpha value is -2.77. The second-order valence-electron chi connectivity index (χ2n) is 12.9. The quantitative estimate of drug-likeness (QED) is 0.0285. The van der Waals surface area contributed by atoms with E-state index < -0.39 is 32.5 Å². The second kappa shape index (κ2) is 38.0. The highest BCUT2D eigenvalue weighted by Gasteiger charge is 2.22. The van der Waals surface area contributed by atoms with Crippen molar-refractivity contribution < 1.29 is 37.9 Å². The lowest BCUT2D eigenvalue weighted by molar-refractivity contribution is -0.161. The summed E-state index contributed by atoms with van der Waals surface area (Å²) in [4.78, 5) is 42.8. The summed E-state index contributed by atoms with van der Waals surface area (Å²) in [7, 11) is -4.78. The summed E-state index contributed by atoms with van der Waals surface area (Å²) in [6.07, 6.45) is 50.2. The van der Waals surface area contributed by atoms with Gasteiger partial charge in [0, 0.05) is 12.8 Å². The van der Waals surface area contributed by atoms with Gasteiger partial charge in [-0.3, -0.25) is 14.1 Å². The molecule has 0 aromatic carbocycles. The van der Waals surface area contributed by atoms with Gasteiger partial charge in [0.2, 0.25) is 0 Å². The number of carbonyl (C=O) groups excluding carboxylic acids is 2. The van der Waals surface area contributed by atoms with Crippen molar-refractivity contribution in [1.82, 2.24) is 0 Å². The lowest BCUT2D eigenvalue weighted by Crippen LogP contribution is -2.29.